The van der Waals surface area contributed by atoms with Crippen LogP contribution in [0.15, 0.2) is 42.7 Å². The first kappa shape index (κ1) is 19.8. The molecule has 0 aliphatic carbocycles. The largest absolute Gasteiger partial charge is 0.454 e. The average molecular weight is 423 g/mol. The van der Waals surface area contributed by atoms with Crippen LogP contribution in [0.2, 0.25) is 0 Å². The molecule has 5 rings (SSSR count). The highest BCUT2D eigenvalue weighted by atomic mass is 16.7. The minimum Gasteiger partial charge on any atom is -0.454 e. The summed E-state index contributed by atoms with van der Waals surface area (Å²) in [6.45, 7) is 2.26. The number of benzene rings is 1. The first-order valence-corrected chi connectivity index (χ1v) is 10.7. The standard InChI is InChI=1S/C23H25N3O5/c27-22-9-17(13-26(22)18-5-6-20-21(10-18)31-15-30-20)23(28)25(14-19-4-2-8-29-19)12-16-3-1-7-24-11-16/h1,3,5-7,10-11,17,19H,2,4,8-9,12-15H2. The van der Waals surface area contributed by atoms with E-state index in [1.165, 1.54) is 0 Å². The fourth-order valence-electron chi connectivity index (χ4n) is 4.41. The quantitative estimate of drug-likeness (QED) is 0.710. The molecule has 0 N–H and O–H groups in total. The van der Waals surface area contributed by atoms with Gasteiger partial charge in [-0.2, -0.15) is 0 Å². The molecule has 1 aromatic carbocycles. The van der Waals surface area contributed by atoms with Crippen molar-refractivity contribution in [3.8, 4) is 11.5 Å². The monoisotopic (exact) mass is 423 g/mol. The number of pyridine rings is 1. The van der Waals surface area contributed by atoms with E-state index in [2.05, 4.69) is 4.98 Å². The van der Waals surface area contributed by atoms with E-state index in [9.17, 15) is 9.59 Å². The minimum absolute atomic E-state index is 0.0176. The summed E-state index contributed by atoms with van der Waals surface area (Å²) in [4.78, 5) is 33.9. The van der Waals surface area contributed by atoms with Gasteiger partial charge in [0, 0.05) is 56.8 Å². The van der Waals surface area contributed by atoms with Crippen LogP contribution in [0.3, 0.4) is 0 Å². The Balaban J connectivity index is 1.32. The number of aromatic nitrogens is 1. The van der Waals surface area contributed by atoms with E-state index in [0.717, 1.165) is 30.7 Å². The Bertz CT molecular complexity index is 961. The number of nitrogens with zero attached hydrogens (tertiary/aromatic N) is 3. The Morgan fingerprint density at radius 1 is 1.23 bits per heavy atom. The van der Waals surface area contributed by atoms with E-state index in [1.807, 2.05) is 23.1 Å². The molecule has 2 aromatic rings. The number of ether oxygens (including phenoxy) is 3. The van der Waals surface area contributed by atoms with Gasteiger partial charge in [-0.1, -0.05) is 6.07 Å². The Labute approximate surface area is 180 Å². The van der Waals surface area contributed by atoms with Gasteiger partial charge in [-0.25, -0.2) is 0 Å². The number of carbonyl (C=O) groups excluding carboxylic acids is 2. The molecule has 2 saturated heterocycles. The van der Waals surface area contributed by atoms with Crippen LogP contribution >= 0.6 is 0 Å². The molecule has 2 fully saturated rings. The van der Waals surface area contributed by atoms with Crippen molar-refractivity contribution < 1.29 is 23.8 Å². The van der Waals surface area contributed by atoms with Crippen molar-refractivity contribution in [2.24, 2.45) is 5.92 Å². The van der Waals surface area contributed by atoms with Gasteiger partial charge in [-0.15, -0.1) is 0 Å². The smallest absolute Gasteiger partial charge is 0.231 e. The highest BCUT2D eigenvalue weighted by Crippen LogP contribution is 2.37. The first-order chi connectivity index (χ1) is 15.2. The molecule has 2 amide bonds. The van der Waals surface area contributed by atoms with Crippen LogP contribution in [0.4, 0.5) is 5.69 Å². The summed E-state index contributed by atoms with van der Waals surface area (Å²) in [6.07, 6.45) is 5.69. The lowest BCUT2D eigenvalue weighted by Crippen LogP contribution is -2.41. The van der Waals surface area contributed by atoms with E-state index >= 15 is 0 Å². The zero-order valence-electron chi connectivity index (χ0n) is 17.2. The molecule has 4 heterocycles. The van der Waals surface area contributed by atoms with Gasteiger partial charge in [0.15, 0.2) is 11.5 Å². The molecule has 1 aromatic heterocycles. The van der Waals surface area contributed by atoms with E-state index < -0.39 is 5.92 Å². The fourth-order valence-corrected chi connectivity index (χ4v) is 4.41. The van der Waals surface area contributed by atoms with Crippen molar-refractivity contribution in [2.75, 3.05) is 31.4 Å². The first-order valence-electron chi connectivity index (χ1n) is 10.7. The van der Waals surface area contributed by atoms with Crippen LogP contribution in [0, 0.1) is 5.92 Å². The van der Waals surface area contributed by atoms with Gasteiger partial charge in [-0.3, -0.25) is 14.6 Å². The molecule has 0 radical (unpaired) electrons. The molecule has 3 aliphatic rings. The number of fused-ring (bicyclic) bond motifs is 1. The number of anilines is 1. The highest BCUT2D eigenvalue weighted by Gasteiger charge is 2.38. The second-order valence-electron chi connectivity index (χ2n) is 8.16. The van der Waals surface area contributed by atoms with Crippen molar-refractivity contribution in [2.45, 2.75) is 31.9 Å². The summed E-state index contributed by atoms with van der Waals surface area (Å²) in [6, 6.07) is 9.25. The predicted molar refractivity (Wildman–Crippen MR) is 112 cm³/mol. The molecule has 8 nitrogen and oxygen atoms in total. The number of hydrogen-bond acceptors (Lipinski definition) is 6. The van der Waals surface area contributed by atoms with Gasteiger partial charge < -0.3 is 24.0 Å². The lowest BCUT2D eigenvalue weighted by atomic mass is 10.1. The Morgan fingerprint density at radius 3 is 2.94 bits per heavy atom. The van der Waals surface area contributed by atoms with Crippen LogP contribution in [0.25, 0.3) is 0 Å². The van der Waals surface area contributed by atoms with Gasteiger partial charge >= 0.3 is 0 Å². The van der Waals surface area contributed by atoms with Crippen molar-refractivity contribution in [3.63, 3.8) is 0 Å². The summed E-state index contributed by atoms with van der Waals surface area (Å²) in [5, 5.41) is 0. The highest BCUT2D eigenvalue weighted by molar-refractivity contribution is 6.00. The average Bonchev–Trinajstić information content (AvgIpc) is 3.54. The summed E-state index contributed by atoms with van der Waals surface area (Å²) in [7, 11) is 0. The van der Waals surface area contributed by atoms with Crippen molar-refractivity contribution in [1.29, 1.82) is 0 Å². The van der Waals surface area contributed by atoms with Gasteiger partial charge in [-0.05, 0) is 36.6 Å². The second-order valence-corrected chi connectivity index (χ2v) is 8.16. The molecule has 8 heteroatoms. The molecule has 0 spiro atoms. The summed E-state index contributed by atoms with van der Waals surface area (Å²) in [5.74, 6) is 0.821. The van der Waals surface area contributed by atoms with Gasteiger partial charge in [0.1, 0.15) is 0 Å². The molecule has 0 saturated carbocycles. The van der Waals surface area contributed by atoms with Crippen LogP contribution in [0.1, 0.15) is 24.8 Å². The van der Waals surface area contributed by atoms with Gasteiger partial charge in [0.25, 0.3) is 0 Å². The molecular formula is C23H25N3O5. The predicted octanol–water partition coefficient (Wildman–Crippen LogP) is 2.37. The van der Waals surface area contributed by atoms with Crippen LogP contribution in [-0.2, 0) is 20.9 Å². The molecule has 31 heavy (non-hydrogen) atoms. The van der Waals surface area contributed by atoms with Crippen LogP contribution < -0.4 is 14.4 Å². The van der Waals surface area contributed by atoms with Gasteiger partial charge in [0.05, 0.1) is 12.0 Å². The maximum Gasteiger partial charge on any atom is 0.231 e. The topological polar surface area (TPSA) is 81.2 Å². The summed E-state index contributed by atoms with van der Waals surface area (Å²) >= 11 is 0. The zero-order valence-corrected chi connectivity index (χ0v) is 17.2. The zero-order chi connectivity index (χ0) is 21.2. The number of amides is 2. The van der Waals surface area contributed by atoms with Crippen molar-refractivity contribution in [3.05, 3.63) is 48.3 Å². The van der Waals surface area contributed by atoms with Gasteiger partial charge in [0.2, 0.25) is 18.6 Å². The van der Waals surface area contributed by atoms with Crippen molar-refractivity contribution in [1.82, 2.24) is 9.88 Å². The van der Waals surface area contributed by atoms with E-state index in [4.69, 9.17) is 14.2 Å². The summed E-state index contributed by atoms with van der Waals surface area (Å²) < 4.78 is 16.6. The third-order valence-electron chi connectivity index (χ3n) is 6.00. The Morgan fingerprint density at radius 2 is 2.13 bits per heavy atom. The fraction of sp³-hybridized carbons (Fsp3) is 0.435. The van der Waals surface area contributed by atoms with E-state index in [-0.39, 0.29) is 31.1 Å². The maximum absolute atomic E-state index is 13.5. The molecule has 0 bridgehead atoms. The second kappa shape index (κ2) is 8.55. The lowest BCUT2D eigenvalue weighted by molar-refractivity contribution is -0.138. The summed E-state index contributed by atoms with van der Waals surface area (Å²) in [5.41, 5.74) is 1.69. The normalized spacial score (nSPS) is 22.2. The molecule has 2 atom stereocenters. The van der Waals surface area contributed by atoms with Crippen LogP contribution in [0.5, 0.6) is 11.5 Å². The molecule has 2 unspecified atom stereocenters. The Kier molecular flexibility index (Phi) is 5.46. The van der Waals surface area contributed by atoms with E-state index in [1.54, 1.807) is 29.4 Å². The number of hydrogen-bond donors (Lipinski definition) is 0. The van der Waals surface area contributed by atoms with E-state index in [0.29, 0.717) is 31.1 Å². The Hall–Kier alpha value is -3.13. The van der Waals surface area contributed by atoms with Crippen LogP contribution in [-0.4, -0.2) is 54.3 Å². The third kappa shape index (κ3) is 4.20. The minimum atomic E-state index is -0.393. The maximum atomic E-state index is 13.5. The number of rotatable bonds is 6. The SMILES string of the molecule is O=C(C1CC(=O)N(c2ccc3c(c2)OCO3)C1)N(Cc1cccnc1)CC1CCCO1. The van der Waals surface area contributed by atoms with Crippen molar-refractivity contribution >= 4 is 17.5 Å². The lowest BCUT2D eigenvalue weighted by Gasteiger charge is -2.28. The number of carbonyl (C=O) groups is 2. The molecule has 162 valence electrons. The molecular weight excluding hydrogens is 398 g/mol. The molecule has 3 aliphatic heterocycles. The third-order valence-corrected chi connectivity index (χ3v) is 6.00.